The third-order valence-electron chi connectivity index (χ3n) is 6.09. The maximum atomic E-state index is 11.4. The Hall–Kier alpha value is -0.650. The summed E-state index contributed by atoms with van der Waals surface area (Å²) in [5.74, 6) is -3.33. The standard InChI is InChI=1S/C25H51NO4/c1-5-6-7-8-9-10-11-12-13-14-15-16-17-18-19-20-21-22-25(29,30)23(24(27)28)26(2,3)4/h23,29-30H,5-22H2,1-4H3/p+1. The van der Waals surface area contributed by atoms with Crippen molar-refractivity contribution in [3.63, 3.8) is 0 Å². The summed E-state index contributed by atoms with van der Waals surface area (Å²) >= 11 is 0. The summed E-state index contributed by atoms with van der Waals surface area (Å²) in [7, 11) is 5.03. The first-order valence-electron chi connectivity index (χ1n) is 12.6. The second-order valence-corrected chi connectivity index (χ2v) is 10.1. The van der Waals surface area contributed by atoms with Crippen LogP contribution in [0.1, 0.15) is 122 Å². The summed E-state index contributed by atoms with van der Waals surface area (Å²) in [5, 5.41) is 29.9. The molecule has 1 unspecified atom stereocenters. The van der Waals surface area contributed by atoms with Crippen molar-refractivity contribution in [3.8, 4) is 0 Å². The molecule has 0 aromatic carbocycles. The molecule has 0 bridgehead atoms. The van der Waals surface area contributed by atoms with Gasteiger partial charge in [0.2, 0.25) is 11.8 Å². The van der Waals surface area contributed by atoms with Crippen molar-refractivity contribution in [3.05, 3.63) is 0 Å². The van der Waals surface area contributed by atoms with Crippen LogP contribution in [0, 0.1) is 0 Å². The summed E-state index contributed by atoms with van der Waals surface area (Å²) in [5.41, 5.74) is 0. The average Bonchev–Trinajstić information content (AvgIpc) is 2.62. The molecule has 0 aliphatic heterocycles. The first-order chi connectivity index (χ1) is 14.1. The Morgan fingerprint density at radius 2 is 0.967 bits per heavy atom. The zero-order valence-corrected chi connectivity index (χ0v) is 20.5. The zero-order valence-electron chi connectivity index (χ0n) is 20.5. The molecule has 0 aliphatic rings. The third kappa shape index (κ3) is 15.2. The van der Waals surface area contributed by atoms with Gasteiger partial charge in [-0.2, -0.15) is 0 Å². The van der Waals surface area contributed by atoms with Gasteiger partial charge in [0.05, 0.1) is 21.1 Å². The minimum Gasteiger partial charge on any atom is -0.477 e. The molecule has 5 nitrogen and oxygen atoms in total. The fourth-order valence-electron chi connectivity index (χ4n) is 4.40. The molecule has 0 saturated carbocycles. The SMILES string of the molecule is CCCCCCCCCCCCCCCCCCCC(O)(O)C(C(=O)O)[N+](C)(C)C. The lowest BCUT2D eigenvalue weighted by atomic mass is 9.97. The number of carbonyl (C=O) groups is 1. The lowest BCUT2D eigenvalue weighted by molar-refractivity contribution is -0.899. The van der Waals surface area contributed by atoms with Crippen molar-refractivity contribution in [2.24, 2.45) is 0 Å². The molecule has 0 fully saturated rings. The van der Waals surface area contributed by atoms with Gasteiger partial charge in [0.1, 0.15) is 0 Å². The van der Waals surface area contributed by atoms with E-state index >= 15 is 0 Å². The fraction of sp³-hybridized carbons (Fsp3) is 0.960. The number of unbranched alkanes of at least 4 members (excludes halogenated alkanes) is 16. The lowest BCUT2D eigenvalue weighted by Crippen LogP contribution is -2.62. The quantitative estimate of drug-likeness (QED) is 0.121. The first kappa shape index (κ1) is 29.4. The first-order valence-corrected chi connectivity index (χ1v) is 12.6. The number of aliphatic carboxylic acids is 1. The van der Waals surface area contributed by atoms with Gasteiger partial charge < -0.3 is 19.8 Å². The van der Waals surface area contributed by atoms with Crippen molar-refractivity contribution in [2.75, 3.05) is 21.1 Å². The molecule has 0 aliphatic carbocycles. The molecule has 0 spiro atoms. The minimum absolute atomic E-state index is 0.0126. The molecule has 0 radical (unpaired) electrons. The molecule has 3 N–H and O–H groups in total. The van der Waals surface area contributed by atoms with Gasteiger partial charge in [-0.05, 0) is 6.42 Å². The topological polar surface area (TPSA) is 77.8 Å². The Balaban J connectivity index is 3.55. The number of likely N-dealkylation sites (N-methyl/N-ethyl adjacent to an activating group) is 1. The Bertz CT molecular complexity index is 418. The van der Waals surface area contributed by atoms with Gasteiger partial charge >= 0.3 is 5.97 Å². The summed E-state index contributed by atoms with van der Waals surface area (Å²) < 4.78 is -0.0126. The van der Waals surface area contributed by atoms with Gasteiger partial charge in [-0.3, -0.25) is 0 Å². The van der Waals surface area contributed by atoms with E-state index in [1.54, 1.807) is 21.1 Å². The number of nitrogens with zero attached hydrogens (tertiary/aromatic N) is 1. The van der Waals surface area contributed by atoms with E-state index in [4.69, 9.17) is 0 Å². The van der Waals surface area contributed by atoms with Crippen molar-refractivity contribution in [1.29, 1.82) is 0 Å². The van der Waals surface area contributed by atoms with Crippen LogP contribution in [0.4, 0.5) is 0 Å². The molecule has 1 atom stereocenters. The van der Waals surface area contributed by atoms with Gasteiger partial charge in [-0.25, -0.2) is 4.79 Å². The summed E-state index contributed by atoms with van der Waals surface area (Å²) in [4.78, 5) is 11.4. The Morgan fingerprint density at radius 1 is 0.667 bits per heavy atom. The molecule has 0 aromatic heterocycles. The van der Waals surface area contributed by atoms with E-state index in [1.165, 1.54) is 89.9 Å². The van der Waals surface area contributed by atoms with Crippen molar-refractivity contribution in [1.82, 2.24) is 0 Å². The Morgan fingerprint density at radius 3 is 1.23 bits per heavy atom. The molecule has 0 heterocycles. The number of hydrogen-bond donors (Lipinski definition) is 3. The fourth-order valence-corrected chi connectivity index (χ4v) is 4.40. The molecule has 180 valence electrons. The molecular formula is C25H52NO4+. The van der Waals surface area contributed by atoms with Crippen LogP contribution < -0.4 is 0 Å². The summed E-state index contributed by atoms with van der Waals surface area (Å²) in [6.45, 7) is 2.27. The van der Waals surface area contributed by atoms with Gasteiger partial charge in [0.15, 0.2) is 0 Å². The van der Waals surface area contributed by atoms with Crippen LogP contribution in [0.15, 0.2) is 0 Å². The number of aliphatic hydroxyl groups is 2. The van der Waals surface area contributed by atoms with Crippen LogP contribution in [0.5, 0.6) is 0 Å². The monoisotopic (exact) mass is 430 g/mol. The Kier molecular flexibility index (Phi) is 16.6. The van der Waals surface area contributed by atoms with Crippen LogP contribution in [-0.4, -0.2) is 58.7 Å². The maximum absolute atomic E-state index is 11.4. The number of quaternary nitrogens is 1. The van der Waals surface area contributed by atoms with E-state index in [0.717, 1.165) is 12.8 Å². The normalized spacial score (nSPS) is 13.5. The van der Waals surface area contributed by atoms with Crippen LogP contribution in [0.25, 0.3) is 0 Å². The Labute approximate surface area is 186 Å². The molecule has 30 heavy (non-hydrogen) atoms. The molecule has 0 rings (SSSR count). The van der Waals surface area contributed by atoms with E-state index in [0.29, 0.717) is 6.42 Å². The maximum Gasteiger partial charge on any atom is 0.368 e. The van der Waals surface area contributed by atoms with Crippen molar-refractivity contribution < 1.29 is 24.6 Å². The molecule has 5 heteroatoms. The van der Waals surface area contributed by atoms with Crippen LogP contribution in [0.2, 0.25) is 0 Å². The molecule has 0 aromatic rings. The predicted molar refractivity (Wildman–Crippen MR) is 125 cm³/mol. The van der Waals surface area contributed by atoms with E-state index in [-0.39, 0.29) is 10.9 Å². The number of carboxylic acids is 1. The van der Waals surface area contributed by atoms with Crippen LogP contribution in [0.3, 0.4) is 0 Å². The zero-order chi connectivity index (χ0) is 22.9. The van der Waals surface area contributed by atoms with Crippen LogP contribution in [-0.2, 0) is 4.79 Å². The second-order valence-electron chi connectivity index (χ2n) is 10.1. The van der Waals surface area contributed by atoms with Crippen LogP contribution >= 0.6 is 0 Å². The second kappa shape index (κ2) is 17.0. The highest BCUT2D eigenvalue weighted by molar-refractivity contribution is 5.73. The minimum atomic E-state index is -2.17. The van der Waals surface area contributed by atoms with Gasteiger partial charge in [-0.15, -0.1) is 0 Å². The van der Waals surface area contributed by atoms with E-state index < -0.39 is 17.8 Å². The number of hydrogen-bond acceptors (Lipinski definition) is 3. The summed E-state index contributed by atoms with van der Waals surface area (Å²) in [6, 6.07) is -1.24. The van der Waals surface area contributed by atoms with Gasteiger partial charge in [0.25, 0.3) is 0 Å². The van der Waals surface area contributed by atoms with Crippen molar-refractivity contribution >= 4 is 5.97 Å². The van der Waals surface area contributed by atoms with Crippen molar-refractivity contribution in [2.45, 2.75) is 134 Å². The van der Waals surface area contributed by atoms with Gasteiger partial charge in [-0.1, -0.05) is 110 Å². The summed E-state index contributed by atoms with van der Waals surface area (Å²) in [6.07, 6.45) is 21.7. The average molecular weight is 431 g/mol. The third-order valence-corrected chi connectivity index (χ3v) is 6.09. The largest absolute Gasteiger partial charge is 0.477 e. The van der Waals surface area contributed by atoms with E-state index in [2.05, 4.69) is 6.92 Å². The molecular weight excluding hydrogens is 378 g/mol. The van der Waals surface area contributed by atoms with Gasteiger partial charge in [0, 0.05) is 6.42 Å². The number of carboxylic acid groups (broad SMARTS) is 1. The van der Waals surface area contributed by atoms with E-state index in [1.807, 2.05) is 0 Å². The predicted octanol–water partition coefficient (Wildman–Crippen LogP) is 5.87. The van der Waals surface area contributed by atoms with E-state index in [9.17, 15) is 20.1 Å². The molecule has 0 saturated heterocycles. The highest BCUT2D eigenvalue weighted by Crippen LogP contribution is 2.24. The molecule has 0 amide bonds. The highest BCUT2D eigenvalue weighted by Gasteiger charge is 2.48. The highest BCUT2D eigenvalue weighted by atomic mass is 16.5. The number of rotatable bonds is 21. The lowest BCUT2D eigenvalue weighted by Gasteiger charge is -2.38. The smallest absolute Gasteiger partial charge is 0.368 e.